The Morgan fingerprint density at radius 1 is 1.06 bits per heavy atom. The maximum absolute atomic E-state index is 12.8. The highest BCUT2D eigenvalue weighted by Gasteiger charge is 2.28. The molecule has 1 saturated heterocycles. The van der Waals surface area contributed by atoms with Crippen LogP contribution in [0.4, 0.5) is 5.69 Å². The average molecular weight is 441 g/mol. The first-order valence-electron chi connectivity index (χ1n) is 11.3. The van der Waals surface area contributed by atoms with Gasteiger partial charge >= 0.3 is 0 Å². The van der Waals surface area contributed by atoms with Crippen LogP contribution in [0, 0.1) is 19.8 Å². The lowest BCUT2D eigenvalue weighted by atomic mass is 9.96. The second kappa shape index (κ2) is 9.90. The van der Waals surface area contributed by atoms with Crippen LogP contribution in [0.3, 0.4) is 0 Å². The van der Waals surface area contributed by atoms with Crippen molar-refractivity contribution in [2.75, 3.05) is 24.2 Å². The van der Waals surface area contributed by atoms with Crippen LogP contribution in [0.25, 0.3) is 0 Å². The van der Waals surface area contributed by atoms with Crippen molar-refractivity contribution in [1.29, 1.82) is 0 Å². The fourth-order valence-corrected chi connectivity index (χ4v) is 5.73. The van der Waals surface area contributed by atoms with Gasteiger partial charge in [0.05, 0.1) is 11.4 Å². The number of thioether (sulfide) groups is 1. The molecule has 31 heavy (non-hydrogen) atoms. The number of carbonyl (C=O) groups excluding carboxylic acids is 2. The minimum atomic E-state index is -0.0385. The predicted octanol–water partition coefficient (Wildman–Crippen LogP) is 4.58. The number of hydrogen-bond acceptors (Lipinski definition) is 4. The Hall–Kier alpha value is -2.28. The van der Waals surface area contributed by atoms with E-state index in [1.54, 1.807) is 11.8 Å². The molecule has 2 amide bonds. The summed E-state index contributed by atoms with van der Waals surface area (Å²) in [6.45, 7) is 5.47. The van der Waals surface area contributed by atoms with Crippen molar-refractivity contribution in [3.8, 4) is 0 Å². The predicted molar refractivity (Wildman–Crippen MR) is 124 cm³/mol. The lowest BCUT2D eigenvalue weighted by molar-refractivity contribution is -0.132. The molecule has 1 aromatic carbocycles. The third kappa shape index (κ3) is 5.14. The molecule has 0 bridgehead atoms. The van der Waals surface area contributed by atoms with E-state index in [0.29, 0.717) is 37.7 Å². The van der Waals surface area contributed by atoms with Crippen molar-refractivity contribution in [2.24, 2.45) is 5.92 Å². The minimum Gasteiger partial charge on any atom is -0.342 e. The first-order valence-corrected chi connectivity index (χ1v) is 12.3. The zero-order chi connectivity index (χ0) is 21.8. The minimum absolute atomic E-state index is 0.0385. The van der Waals surface area contributed by atoms with Gasteiger partial charge < -0.3 is 14.8 Å². The van der Waals surface area contributed by atoms with Gasteiger partial charge in [-0.1, -0.05) is 42.8 Å². The number of nitrogens with one attached hydrogen (secondary N) is 1. The number of amides is 2. The quantitative estimate of drug-likeness (QED) is 0.668. The van der Waals surface area contributed by atoms with Gasteiger partial charge in [-0.15, -0.1) is 0 Å². The van der Waals surface area contributed by atoms with E-state index < -0.39 is 0 Å². The van der Waals surface area contributed by atoms with Gasteiger partial charge in [-0.2, -0.15) is 0 Å². The number of carbonyl (C=O) groups is 2. The maximum atomic E-state index is 12.8. The highest BCUT2D eigenvalue weighted by atomic mass is 32.2. The summed E-state index contributed by atoms with van der Waals surface area (Å²) in [5, 5.41) is 3.96. The first kappa shape index (κ1) is 21.9. The highest BCUT2D eigenvalue weighted by molar-refractivity contribution is 7.99. The summed E-state index contributed by atoms with van der Waals surface area (Å²) in [6, 6.07) is 10.1. The summed E-state index contributed by atoms with van der Waals surface area (Å²) >= 11 is 1.56. The fraction of sp³-hybridized carbons (Fsp3) is 0.542. The Morgan fingerprint density at radius 3 is 2.42 bits per heavy atom. The van der Waals surface area contributed by atoms with Gasteiger partial charge in [-0.3, -0.25) is 9.59 Å². The molecule has 1 aliphatic heterocycles. The second-order valence-corrected chi connectivity index (χ2v) is 9.61. The molecule has 2 aromatic rings. The summed E-state index contributed by atoms with van der Waals surface area (Å²) in [4.78, 5) is 32.0. The number of anilines is 1. The number of nitrogens with zero attached hydrogens (tertiary/aromatic N) is 3. The molecule has 0 radical (unpaired) electrons. The van der Waals surface area contributed by atoms with Crippen molar-refractivity contribution in [3.05, 3.63) is 41.7 Å². The van der Waals surface area contributed by atoms with Gasteiger partial charge in [-0.05, 0) is 51.7 Å². The maximum Gasteiger partial charge on any atom is 0.233 e. The van der Waals surface area contributed by atoms with E-state index in [1.807, 2.05) is 35.2 Å². The van der Waals surface area contributed by atoms with Gasteiger partial charge in [0.1, 0.15) is 0 Å². The molecule has 0 unspecified atom stereocenters. The molecule has 1 aromatic heterocycles. The summed E-state index contributed by atoms with van der Waals surface area (Å²) < 4.78 is 2.36. The van der Waals surface area contributed by atoms with Crippen molar-refractivity contribution in [3.63, 3.8) is 0 Å². The van der Waals surface area contributed by atoms with Gasteiger partial charge in [0.25, 0.3) is 0 Å². The van der Waals surface area contributed by atoms with E-state index in [1.165, 1.54) is 31.4 Å². The number of imidazole rings is 1. The molecule has 4 rings (SSSR count). The highest BCUT2D eigenvalue weighted by Crippen LogP contribution is 2.35. The van der Waals surface area contributed by atoms with Crippen LogP contribution in [-0.4, -0.2) is 45.1 Å². The number of aromatic nitrogens is 2. The largest absolute Gasteiger partial charge is 0.342 e. The van der Waals surface area contributed by atoms with E-state index in [0.717, 1.165) is 16.5 Å². The number of aryl methyl sites for hydroxylation is 1. The molecule has 1 N–H and O–H groups in total. The molecule has 0 spiro atoms. The molecule has 6 nitrogen and oxygen atoms in total. The topological polar surface area (TPSA) is 67.2 Å². The normalized spacial score (nSPS) is 17.8. The van der Waals surface area contributed by atoms with E-state index in [4.69, 9.17) is 4.98 Å². The van der Waals surface area contributed by atoms with Gasteiger partial charge in [0, 0.05) is 36.4 Å². The summed E-state index contributed by atoms with van der Waals surface area (Å²) in [5.41, 5.74) is 3.12. The van der Waals surface area contributed by atoms with Crippen LogP contribution < -0.4 is 5.32 Å². The zero-order valence-electron chi connectivity index (χ0n) is 18.5. The SMILES string of the molecule is Cc1nc(SCC(=O)N2CCC(C(=O)Nc3ccccc3)CC2)n(C2CCCC2)c1C. The molecular weight excluding hydrogens is 408 g/mol. The van der Waals surface area contributed by atoms with Gasteiger partial charge in [-0.25, -0.2) is 4.98 Å². The van der Waals surface area contributed by atoms with Gasteiger partial charge in [0.2, 0.25) is 11.8 Å². The average Bonchev–Trinajstić information content (AvgIpc) is 3.41. The Labute approximate surface area is 188 Å². The molecule has 2 fully saturated rings. The van der Waals surface area contributed by atoms with Crippen molar-refractivity contribution >= 4 is 29.3 Å². The summed E-state index contributed by atoms with van der Waals surface area (Å²) in [5.74, 6) is 0.563. The molecule has 7 heteroatoms. The smallest absolute Gasteiger partial charge is 0.233 e. The van der Waals surface area contributed by atoms with Crippen LogP contribution in [0.2, 0.25) is 0 Å². The number of hydrogen-bond donors (Lipinski definition) is 1. The lowest BCUT2D eigenvalue weighted by Crippen LogP contribution is -2.42. The Bertz CT molecular complexity index is 913. The van der Waals surface area contributed by atoms with Crippen molar-refractivity contribution in [1.82, 2.24) is 14.5 Å². The number of benzene rings is 1. The molecule has 0 atom stereocenters. The molecule has 1 aliphatic carbocycles. The molecule has 2 aliphatic rings. The third-order valence-corrected chi connectivity index (χ3v) is 7.57. The second-order valence-electron chi connectivity index (χ2n) is 8.67. The van der Waals surface area contributed by atoms with Crippen LogP contribution in [0.1, 0.15) is 56.0 Å². The number of para-hydroxylation sites is 1. The Balaban J connectivity index is 1.28. The van der Waals surface area contributed by atoms with E-state index >= 15 is 0 Å². The molecular formula is C24H32N4O2S. The summed E-state index contributed by atoms with van der Waals surface area (Å²) in [6.07, 6.45) is 6.38. The monoisotopic (exact) mass is 440 g/mol. The number of likely N-dealkylation sites (tertiary alicyclic amines) is 1. The van der Waals surface area contributed by atoms with Crippen LogP contribution in [0.15, 0.2) is 35.5 Å². The van der Waals surface area contributed by atoms with Crippen molar-refractivity contribution in [2.45, 2.75) is 63.6 Å². The van der Waals surface area contributed by atoms with E-state index in [9.17, 15) is 9.59 Å². The lowest BCUT2D eigenvalue weighted by Gasteiger charge is -2.31. The first-order chi connectivity index (χ1) is 15.0. The fourth-order valence-electron chi connectivity index (χ4n) is 4.66. The zero-order valence-corrected chi connectivity index (χ0v) is 19.3. The molecule has 2 heterocycles. The number of rotatable bonds is 6. The standard InChI is InChI=1S/C24H32N4O2S/c1-17-18(2)28(21-10-6-7-11-21)24(25-17)31-16-22(29)27-14-12-19(13-15-27)23(30)26-20-8-4-3-5-9-20/h3-5,8-9,19,21H,6-7,10-16H2,1-2H3,(H,26,30). The van der Waals surface area contributed by atoms with Crippen LogP contribution >= 0.6 is 11.8 Å². The molecule has 1 saturated carbocycles. The van der Waals surface area contributed by atoms with Crippen LogP contribution in [0.5, 0.6) is 0 Å². The van der Waals surface area contributed by atoms with Crippen LogP contribution in [-0.2, 0) is 9.59 Å². The van der Waals surface area contributed by atoms with E-state index in [2.05, 4.69) is 23.7 Å². The third-order valence-electron chi connectivity index (χ3n) is 6.63. The Morgan fingerprint density at radius 2 is 1.74 bits per heavy atom. The van der Waals surface area contributed by atoms with Crippen molar-refractivity contribution < 1.29 is 9.59 Å². The Kier molecular flexibility index (Phi) is 7.00. The molecule has 166 valence electrons. The van der Waals surface area contributed by atoms with Gasteiger partial charge in [0.15, 0.2) is 5.16 Å². The van der Waals surface area contributed by atoms with E-state index in [-0.39, 0.29) is 17.7 Å². The summed E-state index contributed by atoms with van der Waals surface area (Å²) in [7, 11) is 0. The number of piperidine rings is 1.